The Labute approximate surface area is 171 Å². The lowest BCUT2D eigenvalue weighted by atomic mass is 9.81. The first-order valence-corrected chi connectivity index (χ1v) is 11.2. The maximum Gasteiger partial charge on any atom is 0.0912 e. The fourth-order valence-electron chi connectivity index (χ4n) is 4.73. The first kappa shape index (κ1) is 20.9. The minimum Gasteiger partial charge on any atom is -0.378 e. The molecule has 3 rings (SSSR count). The molecule has 0 N–H and O–H groups in total. The number of hydrogen-bond acceptors (Lipinski definition) is 2. The van der Waals surface area contributed by atoms with E-state index in [4.69, 9.17) is 10.00 Å². The molecule has 0 aliphatic heterocycles. The Hall–Kier alpha value is -1.85. The highest BCUT2D eigenvalue weighted by Crippen LogP contribution is 2.35. The van der Waals surface area contributed by atoms with Crippen LogP contribution in [0.4, 0.5) is 0 Å². The molecule has 2 nitrogen and oxygen atoms in total. The number of allylic oxidation sites excluding steroid dienone is 4. The van der Waals surface area contributed by atoms with Crippen molar-refractivity contribution >= 4 is 0 Å². The van der Waals surface area contributed by atoms with Crippen molar-refractivity contribution in [2.24, 2.45) is 11.8 Å². The van der Waals surface area contributed by atoms with E-state index in [1.54, 1.807) is 0 Å². The third-order valence-electron chi connectivity index (χ3n) is 6.66. The van der Waals surface area contributed by atoms with Crippen LogP contribution in [0.25, 0.3) is 0 Å². The lowest BCUT2D eigenvalue weighted by molar-refractivity contribution is -0.00337. The van der Waals surface area contributed by atoms with Gasteiger partial charge in [0.1, 0.15) is 0 Å². The molecule has 0 unspecified atom stereocenters. The summed E-state index contributed by atoms with van der Waals surface area (Å²) in [6, 6.07) is 11.3. The Balaban J connectivity index is 1.33. The Kier molecular flexibility index (Phi) is 8.37. The molecule has 1 aromatic carbocycles. The monoisotopic (exact) mass is 377 g/mol. The molecule has 2 fully saturated rings. The molecule has 0 atom stereocenters. The van der Waals surface area contributed by atoms with E-state index in [1.165, 1.54) is 68.6 Å². The van der Waals surface area contributed by atoms with Crippen molar-refractivity contribution in [1.82, 2.24) is 0 Å². The van der Waals surface area contributed by atoms with Crippen molar-refractivity contribution in [3.8, 4) is 6.07 Å². The van der Waals surface area contributed by atoms with Crippen LogP contribution in [-0.2, 0) is 11.2 Å². The first-order valence-electron chi connectivity index (χ1n) is 11.2. The molecule has 2 heteroatoms. The second-order valence-electron chi connectivity index (χ2n) is 8.56. The molecule has 0 bridgehead atoms. The lowest BCUT2D eigenvalue weighted by Gasteiger charge is -2.32. The summed E-state index contributed by atoms with van der Waals surface area (Å²) < 4.78 is 6.33. The standard InChI is InChI=1S/C26H35NO/c1-2-21-11-13-24(14-12-21)25-15-17-26(18-16-25)28-20-23-9-7-22(8-10-23)6-4-3-5-19-27/h3-6,11-14,22-23,25-26H,2,7-10,15-18,20H2,1H3/b5-3+,6-4+. The van der Waals surface area contributed by atoms with Crippen LogP contribution in [0, 0.1) is 23.2 Å². The summed E-state index contributed by atoms with van der Waals surface area (Å²) in [7, 11) is 0. The van der Waals surface area contributed by atoms with Gasteiger partial charge in [-0.3, -0.25) is 0 Å². The number of nitrogens with zero attached hydrogens (tertiary/aromatic N) is 1. The van der Waals surface area contributed by atoms with Crippen LogP contribution >= 0.6 is 0 Å². The highest BCUT2D eigenvalue weighted by Gasteiger charge is 2.25. The number of aryl methyl sites for hydroxylation is 1. The molecule has 0 aromatic heterocycles. The van der Waals surface area contributed by atoms with Gasteiger partial charge in [-0.05, 0) is 86.7 Å². The fraction of sp³-hybridized carbons (Fsp3) is 0.577. The summed E-state index contributed by atoms with van der Waals surface area (Å²) in [5.41, 5.74) is 2.95. The zero-order chi connectivity index (χ0) is 19.6. The van der Waals surface area contributed by atoms with E-state index in [0.29, 0.717) is 12.0 Å². The van der Waals surface area contributed by atoms with Crippen LogP contribution < -0.4 is 0 Å². The van der Waals surface area contributed by atoms with Gasteiger partial charge in [0.2, 0.25) is 0 Å². The third kappa shape index (κ3) is 6.35. The molecule has 1 aromatic rings. The van der Waals surface area contributed by atoms with Crippen molar-refractivity contribution in [2.45, 2.75) is 76.7 Å². The Morgan fingerprint density at radius 3 is 2.32 bits per heavy atom. The van der Waals surface area contributed by atoms with Crippen LogP contribution in [-0.4, -0.2) is 12.7 Å². The summed E-state index contributed by atoms with van der Waals surface area (Å²) >= 11 is 0. The van der Waals surface area contributed by atoms with Gasteiger partial charge in [0.25, 0.3) is 0 Å². The number of nitriles is 1. The van der Waals surface area contributed by atoms with Crippen molar-refractivity contribution in [1.29, 1.82) is 5.26 Å². The summed E-state index contributed by atoms with van der Waals surface area (Å²) in [5, 5.41) is 8.51. The molecule has 2 aliphatic rings. The van der Waals surface area contributed by atoms with Crippen LogP contribution in [0.1, 0.15) is 75.3 Å². The maximum absolute atomic E-state index is 8.51. The van der Waals surface area contributed by atoms with E-state index in [0.717, 1.165) is 24.9 Å². The summed E-state index contributed by atoms with van der Waals surface area (Å²) in [6.07, 6.45) is 19.3. The predicted octanol–water partition coefficient (Wildman–Crippen LogP) is 6.73. The molecule has 0 amide bonds. The number of rotatable bonds is 7. The molecular formula is C26H35NO. The molecule has 0 saturated heterocycles. The van der Waals surface area contributed by atoms with E-state index in [-0.39, 0.29) is 0 Å². The zero-order valence-corrected chi connectivity index (χ0v) is 17.4. The van der Waals surface area contributed by atoms with E-state index in [9.17, 15) is 0 Å². The summed E-state index contributed by atoms with van der Waals surface area (Å²) in [4.78, 5) is 0. The van der Waals surface area contributed by atoms with Gasteiger partial charge in [-0.1, -0.05) is 49.4 Å². The quantitative estimate of drug-likeness (QED) is 0.389. The van der Waals surface area contributed by atoms with Crippen molar-refractivity contribution < 1.29 is 4.74 Å². The number of hydrogen-bond donors (Lipinski definition) is 0. The van der Waals surface area contributed by atoms with Gasteiger partial charge < -0.3 is 4.74 Å². The minimum absolute atomic E-state index is 0.472. The molecule has 2 aliphatic carbocycles. The van der Waals surface area contributed by atoms with Gasteiger partial charge in [-0.15, -0.1) is 0 Å². The molecule has 0 radical (unpaired) electrons. The Morgan fingerprint density at radius 2 is 1.68 bits per heavy atom. The minimum atomic E-state index is 0.472. The zero-order valence-electron chi connectivity index (χ0n) is 17.4. The molecule has 150 valence electrons. The third-order valence-corrected chi connectivity index (χ3v) is 6.66. The fourth-order valence-corrected chi connectivity index (χ4v) is 4.73. The van der Waals surface area contributed by atoms with Crippen LogP contribution in [0.15, 0.2) is 48.6 Å². The first-order chi connectivity index (χ1) is 13.8. The van der Waals surface area contributed by atoms with E-state index in [2.05, 4.69) is 37.3 Å². The highest BCUT2D eigenvalue weighted by atomic mass is 16.5. The van der Waals surface area contributed by atoms with Gasteiger partial charge in [-0.2, -0.15) is 5.26 Å². The van der Waals surface area contributed by atoms with Crippen LogP contribution in [0.3, 0.4) is 0 Å². The Morgan fingerprint density at radius 1 is 0.964 bits per heavy atom. The molecule has 0 heterocycles. The predicted molar refractivity (Wildman–Crippen MR) is 116 cm³/mol. The average Bonchev–Trinajstić information content (AvgIpc) is 2.76. The van der Waals surface area contributed by atoms with Crippen LogP contribution in [0.2, 0.25) is 0 Å². The van der Waals surface area contributed by atoms with Crippen molar-refractivity contribution in [2.75, 3.05) is 6.61 Å². The summed E-state index contributed by atoms with van der Waals surface area (Å²) in [5.74, 6) is 2.14. The van der Waals surface area contributed by atoms with Gasteiger partial charge in [-0.25, -0.2) is 0 Å². The molecule has 28 heavy (non-hydrogen) atoms. The summed E-state index contributed by atoms with van der Waals surface area (Å²) in [6.45, 7) is 3.17. The second kappa shape index (κ2) is 11.2. The highest BCUT2D eigenvalue weighted by molar-refractivity contribution is 5.25. The Bertz CT molecular complexity index is 665. The normalized spacial score (nSPS) is 28.6. The maximum atomic E-state index is 8.51. The SMILES string of the molecule is CCc1ccc(C2CCC(OCC3CCC(/C=C/C=C/C#N)CC3)CC2)cc1. The number of ether oxygens (including phenoxy) is 1. The van der Waals surface area contributed by atoms with Gasteiger partial charge in [0.05, 0.1) is 12.2 Å². The van der Waals surface area contributed by atoms with E-state index in [1.807, 2.05) is 18.2 Å². The van der Waals surface area contributed by atoms with E-state index < -0.39 is 0 Å². The van der Waals surface area contributed by atoms with Crippen molar-refractivity contribution in [3.63, 3.8) is 0 Å². The largest absolute Gasteiger partial charge is 0.378 e. The van der Waals surface area contributed by atoms with Crippen molar-refractivity contribution in [3.05, 3.63) is 59.7 Å². The lowest BCUT2D eigenvalue weighted by Crippen LogP contribution is -2.25. The second-order valence-corrected chi connectivity index (χ2v) is 8.56. The van der Waals surface area contributed by atoms with Crippen LogP contribution in [0.5, 0.6) is 0 Å². The number of benzene rings is 1. The molecular weight excluding hydrogens is 342 g/mol. The molecule has 2 saturated carbocycles. The van der Waals surface area contributed by atoms with E-state index >= 15 is 0 Å². The van der Waals surface area contributed by atoms with Gasteiger partial charge >= 0.3 is 0 Å². The topological polar surface area (TPSA) is 33.0 Å². The smallest absolute Gasteiger partial charge is 0.0912 e. The average molecular weight is 378 g/mol. The van der Waals surface area contributed by atoms with Gasteiger partial charge in [0, 0.05) is 12.7 Å². The molecule has 0 spiro atoms. The van der Waals surface area contributed by atoms with Gasteiger partial charge in [0.15, 0.2) is 0 Å².